The Kier molecular flexibility index (Phi) is 4.52. The third-order valence-electron chi connectivity index (χ3n) is 7.02. The number of anilines is 1. The Hall–Kier alpha value is -3.00. The number of carbonyl (C=O) groups is 1. The van der Waals surface area contributed by atoms with E-state index in [1.165, 1.54) is 4.88 Å². The van der Waals surface area contributed by atoms with Crippen molar-refractivity contribution in [1.82, 2.24) is 24.8 Å². The molecule has 5 atom stereocenters. The van der Waals surface area contributed by atoms with Crippen LogP contribution in [0, 0.1) is 30.1 Å². The van der Waals surface area contributed by atoms with Crippen LogP contribution in [0.15, 0.2) is 18.5 Å². The first kappa shape index (κ1) is 20.6. The number of hydrogen-bond acceptors (Lipinski definition) is 8. The molecule has 10 heteroatoms. The summed E-state index contributed by atoms with van der Waals surface area (Å²) in [6.45, 7) is 2.03. The maximum absolute atomic E-state index is 12.5. The van der Waals surface area contributed by atoms with Gasteiger partial charge in [0.05, 0.1) is 28.8 Å². The lowest BCUT2D eigenvalue weighted by molar-refractivity contribution is -0.132. The van der Waals surface area contributed by atoms with Crippen molar-refractivity contribution < 1.29 is 15.0 Å². The summed E-state index contributed by atoms with van der Waals surface area (Å²) in [6.07, 6.45) is 2.04. The zero-order chi connectivity index (χ0) is 22.9. The molecule has 1 amide bonds. The minimum atomic E-state index is -1.14. The van der Waals surface area contributed by atoms with E-state index in [0.29, 0.717) is 35.3 Å². The number of amides is 1. The molecule has 9 nitrogen and oxygen atoms in total. The molecule has 6 rings (SSSR count). The molecule has 3 saturated carbocycles. The van der Waals surface area contributed by atoms with Crippen molar-refractivity contribution in [3.8, 4) is 11.8 Å². The zero-order valence-corrected chi connectivity index (χ0v) is 19.1. The summed E-state index contributed by atoms with van der Waals surface area (Å²) in [4.78, 5) is 28.5. The van der Waals surface area contributed by atoms with Crippen LogP contribution in [0.25, 0.3) is 11.2 Å². The van der Waals surface area contributed by atoms with E-state index in [2.05, 4.69) is 37.4 Å². The minimum absolute atomic E-state index is 0.196. The Balaban J connectivity index is 1.43. The molecule has 3 heterocycles. The Morgan fingerprint density at radius 2 is 2.09 bits per heavy atom. The normalized spacial score (nSPS) is 29.9. The van der Waals surface area contributed by atoms with Gasteiger partial charge >= 0.3 is 0 Å². The fourth-order valence-electron chi connectivity index (χ4n) is 5.12. The van der Waals surface area contributed by atoms with Gasteiger partial charge in [-0.15, -0.1) is 11.3 Å². The summed E-state index contributed by atoms with van der Waals surface area (Å²) in [5.41, 5.74) is 0.173. The fraction of sp³-hybridized carbons (Fsp3) is 0.478. The van der Waals surface area contributed by atoms with Gasteiger partial charge in [-0.05, 0) is 50.2 Å². The van der Waals surface area contributed by atoms with Gasteiger partial charge in [-0.3, -0.25) is 4.79 Å². The number of rotatable bonds is 4. The van der Waals surface area contributed by atoms with Crippen molar-refractivity contribution in [2.24, 2.45) is 11.3 Å². The minimum Gasteiger partial charge on any atom is -0.389 e. The van der Waals surface area contributed by atoms with Gasteiger partial charge in [0, 0.05) is 23.9 Å². The molecule has 0 saturated heterocycles. The number of thiophene rings is 1. The second-order valence-corrected chi connectivity index (χ2v) is 10.4. The molecule has 0 bridgehead atoms. The molecule has 170 valence electrons. The summed E-state index contributed by atoms with van der Waals surface area (Å²) in [5.74, 6) is 6.74. The smallest absolute Gasteiger partial charge is 0.229 e. The predicted octanol–water partition coefficient (Wildman–Crippen LogP) is 1.20. The average Bonchev–Trinajstić information content (AvgIpc) is 3.66. The van der Waals surface area contributed by atoms with Crippen LogP contribution in [-0.4, -0.2) is 60.9 Å². The van der Waals surface area contributed by atoms with Gasteiger partial charge in [-0.2, -0.15) is 0 Å². The number of carbonyl (C=O) groups excluding carboxylic acids is 1. The number of hydrogen-bond donors (Lipinski definition) is 4. The summed E-state index contributed by atoms with van der Waals surface area (Å²) < 4.78 is 1.78. The number of aryl methyl sites for hydroxylation is 1. The van der Waals surface area contributed by atoms with Crippen LogP contribution in [0.3, 0.4) is 0 Å². The molecule has 2 unspecified atom stereocenters. The van der Waals surface area contributed by atoms with Gasteiger partial charge in [0.2, 0.25) is 11.7 Å². The molecule has 3 aromatic heterocycles. The van der Waals surface area contributed by atoms with Crippen LogP contribution < -0.4 is 10.6 Å². The highest BCUT2D eigenvalue weighted by Crippen LogP contribution is 2.67. The van der Waals surface area contributed by atoms with Gasteiger partial charge in [0.1, 0.15) is 6.10 Å². The van der Waals surface area contributed by atoms with Crippen LogP contribution in [0.2, 0.25) is 0 Å². The summed E-state index contributed by atoms with van der Waals surface area (Å²) in [6, 6.07) is 3.85. The quantitative estimate of drug-likeness (QED) is 0.428. The molecular formula is C23H24N6O3S. The van der Waals surface area contributed by atoms with Gasteiger partial charge in [0.25, 0.3) is 0 Å². The van der Waals surface area contributed by atoms with Crippen molar-refractivity contribution in [1.29, 1.82) is 0 Å². The number of fused-ring (bicyclic) bond motifs is 2. The topological polar surface area (TPSA) is 125 Å². The monoisotopic (exact) mass is 464 g/mol. The van der Waals surface area contributed by atoms with Crippen LogP contribution >= 0.6 is 11.3 Å². The Morgan fingerprint density at radius 3 is 2.79 bits per heavy atom. The third kappa shape index (κ3) is 3.14. The van der Waals surface area contributed by atoms with E-state index in [-0.39, 0.29) is 11.8 Å². The van der Waals surface area contributed by atoms with Crippen molar-refractivity contribution in [3.05, 3.63) is 34.0 Å². The lowest BCUT2D eigenvalue weighted by atomic mass is 9.98. The number of aromatic nitrogens is 4. The molecule has 0 aromatic carbocycles. The molecule has 33 heavy (non-hydrogen) atoms. The van der Waals surface area contributed by atoms with E-state index >= 15 is 0 Å². The number of imidazole rings is 1. The second kappa shape index (κ2) is 7.25. The first-order valence-electron chi connectivity index (χ1n) is 11.1. The Bertz CT molecular complexity index is 1330. The van der Waals surface area contributed by atoms with E-state index < -0.39 is 23.7 Å². The number of nitrogens with zero attached hydrogens (tertiary/aromatic N) is 4. The number of aliphatic hydroxyl groups is 2. The van der Waals surface area contributed by atoms with Gasteiger partial charge in [0.15, 0.2) is 17.0 Å². The molecule has 4 N–H and O–H groups in total. The molecular weight excluding hydrogens is 440 g/mol. The van der Waals surface area contributed by atoms with Crippen LogP contribution in [-0.2, 0) is 4.79 Å². The van der Waals surface area contributed by atoms with E-state index in [1.54, 1.807) is 29.3 Å². The summed E-state index contributed by atoms with van der Waals surface area (Å²) in [5, 5.41) is 27.7. The standard InChI is InChI=1S/C23H24N6O3S/c1-11-3-6-13(33-11)7-8-15-27-20(26-12-4-5-12)16-21(28-15)29(10-25-16)17-14-9-23(14,22(32)24-2)19(31)18(17)30/h3,6,10,12,14,17-19,30-31H,4-5,9H2,1-2H3,(H,24,32)(H,26,27,28)/t14?,17-,18+,19+,23?/m1/s1. The number of aliphatic hydroxyl groups excluding tert-OH is 2. The molecule has 3 fully saturated rings. The van der Waals surface area contributed by atoms with Crippen molar-refractivity contribution in [2.75, 3.05) is 12.4 Å². The largest absolute Gasteiger partial charge is 0.389 e. The lowest BCUT2D eigenvalue weighted by Gasteiger charge is -2.23. The average molecular weight is 465 g/mol. The van der Waals surface area contributed by atoms with E-state index in [4.69, 9.17) is 0 Å². The highest BCUT2D eigenvalue weighted by Gasteiger charge is 2.75. The lowest BCUT2D eigenvalue weighted by Crippen LogP contribution is -2.41. The van der Waals surface area contributed by atoms with Crippen molar-refractivity contribution in [2.45, 2.75) is 50.5 Å². The molecule has 3 aliphatic rings. The fourth-order valence-corrected chi connectivity index (χ4v) is 5.84. The Morgan fingerprint density at radius 1 is 1.27 bits per heavy atom. The maximum Gasteiger partial charge on any atom is 0.229 e. The van der Waals surface area contributed by atoms with E-state index in [9.17, 15) is 15.0 Å². The van der Waals surface area contributed by atoms with Gasteiger partial charge < -0.3 is 25.4 Å². The first-order chi connectivity index (χ1) is 15.9. The molecule has 3 aliphatic carbocycles. The molecule has 0 aliphatic heterocycles. The van der Waals surface area contributed by atoms with Gasteiger partial charge in [-0.25, -0.2) is 15.0 Å². The number of nitrogens with one attached hydrogen (secondary N) is 2. The summed E-state index contributed by atoms with van der Waals surface area (Å²) in [7, 11) is 1.55. The molecule has 0 spiro atoms. The first-order valence-corrected chi connectivity index (χ1v) is 11.9. The van der Waals surface area contributed by atoms with Crippen molar-refractivity contribution in [3.63, 3.8) is 0 Å². The van der Waals surface area contributed by atoms with Crippen molar-refractivity contribution >= 4 is 34.2 Å². The van der Waals surface area contributed by atoms with Crippen LogP contribution in [0.4, 0.5) is 5.82 Å². The SMILES string of the molecule is CNC(=O)C12CC1[C@@H](n1cnc3c(NC4CC4)nc(C#Cc4ccc(C)s4)nc31)[C@H](O)[C@@H]2O. The van der Waals surface area contributed by atoms with Crippen LogP contribution in [0.5, 0.6) is 0 Å². The predicted molar refractivity (Wildman–Crippen MR) is 123 cm³/mol. The van der Waals surface area contributed by atoms with Crippen LogP contribution in [0.1, 0.15) is 40.9 Å². The van der Waals surface area contributed by atoms with E-state index in [0.717, 1.165) is 17.7 Å². The Labute approximate surface area is 194 Å². The van der Waals surface area contributed by atoms with E-state index in [1.807, 2.05) is 19.1 Å². The highest BCUT2D eigenvalue weighted by molar-refractivity contribution is 7.12. The second-order valence-electron chi connectivity index (χ2n) is 9.15. The molecule has 3 aromatic rings. The van der Waals surface area contributed by atoms with Gasteiger partial charge in [-0.1, -0.05) is 0 Å². The summed E-state index contributed by atoms with van der Waals surface area (Å²) >= 11 is 1.61. The zero-order valence-electron chi connectivity index (χ0n) is 18.2. The molecule has 0 radical (unpaired) electrons. The third-order valence-corrected chi connectivity index (χ3v) is 7.94. The highest BCUT2D eigenvalue weighted by atomic mass is 32.1. The maximum atomic E-state index is 12.5.